The van der Waals surface area contributed by atoms with Gasteiger partial charge < -0.3 is 23.9 Å². The molecule has 47 heavy (non-hydrogen) atoms. The molecule has 2 unspecified atom stereocenters. The Morgan fingerprint density at radius 1 is 0.766 bits per heavy atom. The van der Waals surface area contributed by atoms with Crippen molar-refractivity contribution in [3.05, 3.63) is 99.5 Å². The van der Waals surface area contributed by atoms with Crippen molar-refractivity contribution >= 4 is 29.0 Å². The molecule has 0 bridgehead atoms. The average molecular weight is 637 g/mol. The first-order valence-electron chi connectivity index (χ1n) is 16.5. The third-order valence-corrected chi connectivity index (χ3v) is 8.56. The summed E-state index contributed by atoms with van der Waals surface area (Å²) in [6, 6.07) is 24.3. The Kier molecular flexibility index (Phi) is 10.2. The number of unbranched alkanes of at least 4 members (excludes halogenated alkanes) is 1. The molecule has 1 aromatic heterocycles. The fraction of sp³-hybridized carbons (Fsp3) is 0.395. The molecule has 9 heteroatoms. The molecule has 0 radical (unpaired) electrons. The highest BCUT2D eigenvalue weighted by Crippen LogP contribution is 2.23. The average Bonchev–Trinajstić information content (AvgIpc) is 3.73. The minimum Gasteiger partial charge on any atom is -0.479 e. The Balaban J connectivity index is 0.945. The van der Waals surface area contributed by atoms with E-state index in [1.54, 1.807) is 0 Å². The van der Waals surface area contributed by atoms with E-state index < -0.39 is 11.4 Å². The molecule has 2 aliphatic heterocycles. The number of hydrogen-bond acceptors (Lipinski definition) is 8. The van der Waals surface area contributed by atoms with Crippen LogP contribution >= 0.6 is 0 Å². The fourth-order valence-electron chi connectivity index (χ4n) is 6.04. The zero-order valence-electron chi connectivity index (χ0n) is 27.5. The fourth-order valence-corrected chi connectivity index (χ4v) is 6.04. The van der Waals surface area contributed by atoms with Gasteiger partial charge in [-0.05, 0) is 69.5 Å². The number of aryl methyl sites for hydroxylation is 1. The Morgan fingerprint density at radius 2 is 1.38 bits per heavy atom. The van der Waals surface area contributed by atoms with Gasteiger partial charge in [-0.3, -0.25) is 9.69 Å². The van der Waals surface area contributed by atoms with Crippen LogP contribution in [0.3, 0.4) is 0 Å². The first-order chi connectivity index (χ1) is 22.8. The number of fused-ring (bicyclic) bond motifs is 3. The Bertz CT molecular complexity index is 1790. The second-order valence-corrected chi connectivity index (χ2v) is 12.5. The monoisotopic (exact) mass is 636 g/mol. The maximum atomic E-state index is 12.7. The predicted molar refractivity (Wildman–Crippen MR) is 182 cm³/mol. The molecule has 3 aromatic carbocycles. The van der Waals surface area contributed by atoms with Crippen LogP contribution in [0, 0.1) is 6.92 Å². The number of rotatable bonds is 17. The van der Waals surface area contributed by atoms with Crippen molar-refractivity contribution in [1.82, 2.24) is 9.88 Å². The van der Waals surface area contributed by atoms with Crippen molar-refractivity contribution < 1.29 is 23.7 Å². The van der Waals surface area contributed by atoms with Gasteiger partial charge in [0.1, 0.15) is 0 Å². The molecule has 0 aliphatic carbocycles. The summed E-state index contributed by atoms with van der Waals surface area (Å²) in [6.45, 7) is 9.63. The minimum atomic E-state index is -0.710. The molecule has 2 aliphatic rings. The molecule has 0 fully saturated rings. The van der Waals surface area contributed by atoms with E-state index in [4.69, 9.17) is 28.9 Å². The summed E-state index contributed by atoms with van der Waals surface area (Å²) in [5.74, 6) is 0.544. The zero-order valence-corrected chi connectivity index (χ0v) is 27.5. The third-order valence-electron chi connectivity index (χ3n) is 8.56. The van der Waals surface area contributed by atoms with Crippen LogP contribution in [0.1, 0.15) is 38.7 Å². The van der Waals surface area contributed by atoms with E-state index in [2.05, 4.69) is 35.0 Å². The predicted octanol–water partition coefficient (Wildman–Crippen LogP) is 3.56. The lowest BCUT2D eigenvalue weighted by Gasteiger charge is -2.27. The van der Waals surface area contributed by atoms with E-state index in [9.17, 15) is 4.79 Å². The molecule has 4 aromatic rings. The van der Waals surface area contributed by atoms with Gasteiger partial charge in [-0.25, -0.2) is 9.98 Å². The number of para-hydroxylation sites is 2. The van der Waals surface area contributed by atoms with Crippen LogP contribution in [0.2, 0.25) is 0 Å². The molecular formula is C38H44N4O5. The van der Waals surface area contributed by atoms with E-state index in [-0.39, 0.29) is 12.4 Å². The molecule has 9 nitrogen and oxygen atoms in total. The van der Waals surface area contributed by atoms with Crippen molar-refractivity contribution in [1.29, 1.82) is 0 Å². The van der Waals surface area contributed by atoms with Gasteiger partial charge in [-0.2, -0.15) is 0 Å². The van der Waals surface area contributed by atoms with Crippen LogP contribution in [0.4, 0.5) is 0 Å². The number of benzene rings is 3. The second kappa shape index (κ2) is 14.6. The number of nitrogens with one attached hydrogen (secondary N) is 1. The molecule has 2 atom stereocenters. The molecule has 3 heterocycles. The normalized spacial score (nSPS) is 19.4. The van der Waals surface area contributed by atoms with Gasteiger partial charge in [0.25, 0.3) is 0 Å². The highest BCUT2D eigenvalue weighted by Gasteiger charge is 2.26. The van der Waals surface area contributed by atoms with E-state index >= 15 is 0 Å². The Labute approximate surface area is 275 Å². The number of hydrogen-bond donors (Lipinski definition) is 1. The zero-order chi connectivity index (χ0) is 32.7. The Hall–Kier alpha value is -4.31. The molecule has 6 rings (SSSR count). The van der Waals surface area contributed by atoms with Crippen molar-refractivity contribution in [3.8, 4) is 5.88 Å². The Morgan fingerprint density at radius 3 is 2.00 bits per heavy atom. The van der Waals surface area contributed by atoms with E-state index in [1.165, 1.54) is 10.9 Å². The maximum Gasteiger partial charge on any atom is 0.307 e. The molecule has 246 valence electrons. The number of aromatic nitrogens is 1. The van der Waals surface area contributed by atoms with Crippen LogP contribution in [0.5, 0.6) is 5.88 Å². The van der Waals surface area contributed by atoms with Crippen LogP contribution in [-0.4, -0.2) is 73.4 Å². The third kappa shape index (κ3) is 8.54. The summed E-state index contributed by atoms with van der Waals surface area (Å²) in [5, 5.41) is 5.20. The summed E-state index contributed by atoms with van der Waals surface area (Å²) in [5.41, 5.74) is 0.863. The summed E-state index contributed by atoms with van der Waals surface area (Å²) in [7, 11) is 0. The lowest BCUT2D eigenvalue weighted by molar-refractivity contribution is -0.144. The van der Waals surface area contributed by atoms with Crippen molar-refractivity contribution in [3.63, 3.8) is 0 Å². The molecule has 0 saturated carbocycles. The number of carbonyl (C=O) groups is 1. The number of ether oxygens (including phenoxy) is 4. The SMILES string of the molecule is Cc1cccc2[nH]c(OCCCCOC(=O)CCN(CCOC3(C)C=c4ccccc4=N3)CCOC3(C)C=c4ccccc4=N3)cc12. The van der Waals surface area contributed by atoms with Gasteiger partial charge in [-0.15, -0.1) is 0 Å². The lowest BCUT2D eigenvalue weighted by Crippen LogP contribution is -2.37. The molecule has 0 saturated heterocycles. The van der Waals surface area contributed by atoms with Crippen molar-refractivity contribution in [2.24, 2.45) is 9.98 Å². The van der Waals surface area contributed by atoms with Gasteiger partial charge in [-0.1, -0.05) is 48.5 Å². The number of nitrogens with zero attached hydrogens (tertiary/aromatic N) is 3. The summed E-state index contributed by atoms with van der Waals surface area (Å²) >= 11 is 0. The second-order valence-electron chi connectivity index (χ2n) is 12.5. The number of aromatic amines is 1. The largest absolute Gasteiger partial charge is 0.479 e. The molecule has 1 N–H and O–H groups in total. The number of esters is 1. The quantitative estimate of drug-likeness (QED) is 0.141. The first-order valence-corrected chi connectivity index (χ1v) is 16.5. The summed E-state index contributed by atoms with van der Waals surface area (Å²) in [6.07, 6.45) is 5.91. The summed E-state index contributed by atoms with van der Waals surface area (Å²) < 4.78 is 23.9. The van der Waals surface area contributed by atoms with Crippen LogP contribution in [0.25, 0.3) is 23.1 Å². The standard InChI is InChI=1S/C38H44N4O5/c1-28-11-10-16-34-31(28)25-35(39-34)44-21-8-9-22-45-36(43)17-18-42(19-23-46-37(2)26-29-12-4-6-14-32(29)40-37)20-24-47-38(3)27-30-13-5-7-15-33(30)41-38/h4-7,10-16,25-27,39H,8-9,17-24H2,1-3H3. The smallest absolute Gasteiger partial charge is 0.307 e. The molecular weight excluding hydrogens is 592 g/mol. The van der Waals surface area contributed by atoms with Crippen molar-refractivity contribution in [2.45, 2.75) is 51.5 Å². The maximum absolute atomic E-state index is 12.7. The van der Waals surface area contributed by atoms with Gasteiger partial charge in [0.2, 0.25) is 0 Å². The number of carbonyl (C=O) groups excluding carboxylic acids is 1. The van der Waals surface area contributed by atoms with E-state index in [0.29, 0.717) is 46.1 Å². The van der Waals surface area contributed by atoms with Gasteiger partial charge in [0.05, 0.1) is 43.6 Å². The first kappa shape index (κ1) is 32.6. The summed E-state index contributed by atoms with van der Waals surface area (Å²) in [4.78, 5) is 27.7. The van der Waals surface area contributed by atoms with E-state index in [1.807, 2.05) is 80.6 Å². The lowest BCUT2D eigenvalue weighted by atomic mass is 10.1. The van der Waals surface area contributed by atoms with Gasteiger partial charge >= 0.3 is 5.97 Å². The highest BCUT2D eigenvalue weighted by atomic mass is 16.5. The van der Waals surface area contributed by atoms with Crippen LogP contribution in [0.15, 0.2) is 82.8 Å². The molecule has 0 spiro atoms. The topological polar surface area (TPSA) is 97.7 Å². The van der Waals surface area contributed by atoms with Crippen molar-refractivity contribution in [2.75, 3.05) is 46.1 Å². The number of H-pyrrole nitrogens is 1. The molecule has 0 amide bonds. The highest BCUT2D eigenvalue weighted by molar-refractivity contribution is 5.84. The van der Waals surface area contributed by atoms with Gasteiger partial charge in [0, 0.05) is 47.0 Å². The van der Waals surface area contributed by atoms with E-state index in [0.717, 1.165) is 45.4 Å². The van der Waals surface area contributed by atoms with Crippen LogP contribution < -0.4 is 25.9 Å². The minimum absolute atomic E-state index is 0.216. The van der Waals surface area contributed by atoms with Crippen LogP contribution in [-0.2, 0) is 19.0 Å². The van der Waals surface area contributed by atoms with Gasteiger partial charge in [0.15, 0.2) is 17.3 Å².